The molecule has 0 fully saturated rings. The molecule has 1 N–H and O–H groups in total. The molecule has 27 heavy (non-hydrogen) atoms. The summed E-state index contributed by atoms with van der Waals surface area (Å²) in [5.41, 5.74) is 3.94. The molecule has 0 aliphatic carbocycles. The fourth-order valence-electron chi connectivity index (χ4n) is 3.64. The Labute approximate surface area is 157 Å². The van der Waals surface area contributed by atoms with Crippen molar-refractivity contribution in [3.05, 3.63) is 65.2 Å². The number of rotatable bonds is 4. The van der Waals surface area contributed by atoms with Crippen molar-refractivity contribution in [2.75, 3.05) is 18.2 Å². The van der Waals surface area contributed by atoms with E-state index in [1.807, 2.05) is 11.8 Å². The fourth-order valence-corrected chi connectivity index (χ4v) is 3.64. The van der Waals surface area contributed by atoms with E-state index in [9.17, 15) is 8.78 Å². The molecule has 0 aromatic heterocycles. The molecular weight excluding hydrogens is 346 g/mol. The second kappa shape index (κ2) is 7.16. The first-order valence-corrected chi connectivity index (χ1v) is 9.26. The van der Waals surface area contributed by atoms with Gasteiger partial charge in [-0.1, -0.05) is 6.92 Å². The van der Waals surface area contributed by atoms with Gasteiger partial charge in [0.1, 0.15) is 5.75 Å². The normalized spacial score (nSPS) is 13.7. The van der Waals surface area contributed by atoms with Gasteiger partial charge in [-0.2, -0.15) is 0 Å². The third kappa shape index (κ3) is 3.23. The van der Waals surface area contributed by atoms with Gasteiger partial charge in [0.2, 0.25) is 0 Å². The summed E-state index contributed by atoms with van der Waals surface area (Å²) in [7, 11) is 0. The number of aryl methyl sites for hydroxylation is 1. The lowest BCUT2D eigenvalue weighted by atomic mass is 9.99. The molecule has 3 nitrogen and oxygen atoms in total. The summed E-state index contributed by atoms with van der Waals surface area (Å²) >= 11 is 0. The molecule has 3 aromatic carbocycles. The van der Waals surface area contributed by atoms with Gasteiger partial charge in [-0.05, 0) is 71.6 Å². The molecule has 1 aliphatic rings. The molecule has 140 valence electrons. The van der Waals surface area contributed by atoms with Crippen molar-refractivity contribution in [3.63, 3.8) is 0 Å². The van der Waals surface area contributed by atoms with E-state index in [1.54, 1.807) is 6.07 Å². The van der Waals surface area contributed by atoms with Crippen LogP contribution >= 0.6 is 0 Å². The monoisotopic (exact) mass is 368 g/mol. The van der Waals surface area contributed by atoms with Gasteiger partial charge in [-0.25, -0.2) is 8.78 Å². The van der Waals surface area contributed by atoms with Gasteiger partial charge in [-0.3, -0.25) is 5.32 Å². The van der Waals surface area contributed by atoms with Gasteiger partial charge in [-0.15, -0.1) is 0 Å². The molecule has 0 unspecified atom stereocenters. The summed E-state index contributed by atoms with van der Waals surface area (Å²) < 4.78 is 32.9. The summed E-state index contributed by atoms with van der Waals surface area (Å²) in [6, 6.07) is 12.5. The Balaban J connectivity index is 1.84. The van der Waals surface area contributed by atoms with Crippen molar-refractivity contribution in [3.8, 4) is 5.75 Å². The van der Waals surface area contributed by atoms with Gasteiger partial charge in [0.25, 0.3) is 0 Å². The Morgan fingerprint density at radius 3 is 2.56 bits per heavy atom. The molecule has 0 atom stereocenters. The first-order chi connectivity index (χ1) is 13.1. The molecule has 3 aromatic rings. The van der Waals surface area contributed by atoms with Crippen LogP contribution < -0.4 is 15.0 Å². The molecule has 0 saturated heterocycles. The quantitative estimate of drug-likeness (QED) is 0.678. The van der Waals surface area contributed by atoms with Crippen LogP contribution in [0.1, 0.15) is 25.0 Å². The van der Waals surface area contributed by atoms with E-state index >= 15 is 0 Å². The Morgan fingerprint density at radius 2 is 1.81 bits per heavy atom. The van der Waals surface area contributed by atoms with Crippen LogP contribution in [0.15, 0.2) is 42.5 Å². The molecule has 1 aliphatic heterocycles. The predicted molar refractivity (Wildman–Crippen MR) is 105 cm³/mol. The largest absolute Gasteiger partial charge is 0.494 e. The minimum Gasteiger partial charge on any atom is -0.494 e. The molecule has 4 rings (SSSR count). The van der Waals surface area contributed by atoms with Crippen LogP contribution in [0, 0.1) is 11.6 Å². The lowest BCUT2D eigenvalue weighted by molar-refractivity contribution is 0.337. The number of fused-ring (bicyclic) bond motifs is 2. The first-order valence-electron chi connectivity index (χ1n) is 9.26. The van der Waals surface area contributed by atoms with Crippen molar-refractivity contribution in [1.82, 2.24) is 5.32 Å². The van der Waals surface area contributed by atoms with Gasteiger partial charge >= 0.3 is 0 Å². The zero-order valence-electron chi connectivity index (χ0n) is 15.5. The maximum Gasteiger partial charge on any atom is 0.160 e. The second-order valence-corrected chi connectivity index (χ2v) is 6.69. The first kappa shape index (κ1) is 17.7. The zero-order chi connectivity index (χ0) is 19.0. The average Bonchev–Trinajstić information content (AvgIpc) is 2.68. The molecule has 0 spiro atoms. The third-order valence-electron chi connectivity index (χ3n) is 4.99. The highest BCUT2D eigenvalue weighted by atomic mass is 19.2. The smallest absolute Gasteiger partial charge is 0.160 e. The fraction of sp³-hybridized carbons (Fsp3) is 0.273. The van der Waals surface area contributed by atoms with E-state index in [0.717, 1.165) is 40.7 Å². The average molecular weight is 368 g/mol. The summed E-state index contributed by atoms with van der Waals surface area (Å²) in [5, 5.41) is 5.56. The lowest BCUT2D eigenvalue weighted by Gasteiger charge is -2.32. The Bertz CT molecular complexity index is 1000. The van der Waals surface area contributed by atoms with Crippen LogP contribution in [0.2, 0.25) is 0 Å². The van der Waals surface area contributed by atoms with E-state index in [0.29, 0.717) is 19.0 Å². The van der Waals surface area contributed by atoms with Crippen molar-refractivity contribution in [1.29, 1.82) is 0 Å². The highest BCUT2D eigenvalue weighted by molar-refractivity contribution is 5.91. The number of hydrogen-bond donors (Lipinski definition) is 1. The molecule has 5 heteroatoms. The van der Waals surface area contributed by atoms with Crippen molar-refractivity contribution in [2.24, 2.45) is 0 Å². The third-order valence-corrected chi connectivity index (χ3v) is 4.99. The van der Waals surface area contributed by atoms with Crippen LogP contribution in [0.3, 0.4) is 0 Å². The minimum absolute atomic E-state index is 0.537. The number of hydrogen-bond acceptors (Lipinski definition) is 3. The highest BCUT2D eigenvalue weighted by Crippen LogP contribution is 2.36. The highest BCUT2D eigenvalue weighted by Gasteiger charge is 2.20. The number of ether oxygens (including phenoxy) is 1. The van der Waals surface area contributed by atoms with Crippen molar-refractivity contribution in [2.45, 2.75) is 26.8 Å². The summed E-state index contributed by atoms with van der Waals surface area (Å²) in [5.74, 6) is -0.775. The number of nitrogens with zero attached hydrogens (tertiary/aromatic N) is 1. The molecule has 0 radical (unpaired) electrons. The van der Waals surface area contributed by atoms with E-state index < -0.39 is 11.6 Å². The molecular formula is C22H22F2N2O. The SMILES string of the molecule is CCOc1cc2cc3c(cc2cc1CC)CNCN3c1ccc(F)c(F)c1. The number of anilines is 2. The maximum atomic E-state index is 13.7. The van der Waals surface area contributed by atoms with Gasteiger partial charge in [0, 0.05) is 24.0 Å². The van der Waals surface area contributed by atoms with E-state index in [-0.39, 0.29) is 0 Å². The summed E-state index contributed by atoms with van der Waals surface area (Å²) in [6.45, 7) is 5.99. The standard InChI is InChI=1S/C22H22F2N2O/c1-3-14-7-15-8-17-12-25-13-26(18-5-6-19(23)20(24)11-18)21(17)9-16(15)10-22(14)27-4-2/h5-11,25H,3-4,12-13H2,1-2H3. The number of benzene rings is 3. The van der Waals surface area contributed by atoms with Gasteiger partial charge in [0.15, 0.2) is 11.6 Å². The van der Waals surface area contributed by atoms with Crippen LogP contribution in [0.5, 0.6) is 5.75 Å². The van der Waals surface area contributed by atoms with Crippen LogP contribution in [0.4, 0.5) is 20.2 Å². The van der Waals surface area contributed by atoms with Gasteiger partial charge < -0.3 is 9.64 Å². The van der Waals surface area contributed by atoms with E-state index in [1.165, 1.54) is 17.7 Å². The lowest BCUT2D eigenvalue weighted by Crippen LogP contribution is -2.35. The summed E-state index contributed by atoms with van der Waals surface area (Å²) in [4.78, 5) is 1.97. The van der Waals surface area contributed by atoms with E-state index in [2.05, 4.69) is 36.5 Å². The number of halogens is 2. The topological polar surface area (TPSA) is 24.5 Å². The van der Waals surface area contributed by atoms with Gasteiger partial charge in [0.05, 0.1) is 13.3 Å². The van der Waals surface area contributed by atoms with Crippen molar-refractivity contribution >= 4 is 22.1 Å². The van der Waals surface area contributed by atoms with Crippen LogP contribution in [-0.4, -0.2) is 13.3 Å². The molecule has 0 amide bonds. The van der Waals surface area contributed by atoms with Crippen LogP contribution in [0.25, 0.3) is 10.8 Å². The number of nitrogens with one attached hydrogen (secondary N) is 1. The summed E-state index contributed by atoms with van der Waals surface area (Å²) in [6.07, 6.45) is 0.904. The Kier molecular flexibility index (Phi) is 4.70. The maximum absolute atomic E-state index is 13.7. The Hall–Kier alpha value is -2.66. The minimum atomic E-state index is -0.841. The van der Waals surface area contributed by atoms with Crippen molar-refractivity contribution < 1.29 is 13.5 Å². The predicted octanol–water partition coefficient (Wildman–Crippen LogP) is 5.28. The molecule has 0 saturated carbocycles. The second-order valence-electron chi connectivity index (χ2n) is 6.69. The Morgan fingerprint density at radius 1 is 1.00 bits per heavy atom. The molecule has 0 bridgehead atoms. The molecule has 1 heterocycles. The van der Waals surface area contributed by atoms with E-state index in [4.69, 9.17) is 4.74 Å². The zero-order valence-corrected chi connectivity index (χ0v) is 15.5. The van der Waals surface area contributed by atoms with Crippen LogP contribution in [-0.2, 0) is 13.0 Å².